The molecule has 0 aliphatic carbocycles. The van der Waals surface area contributed by atoms with Crippen molar-refractivity contribution in [3.8, 4) is 23.0 Å². The third kappa shape index (κ3) is 4.10. The molecule has 2 aromatic rings. The maximum absolute atomic E-state index is 12.3. The Morgan fingerprint density at radius 3 is 2.26 bits per heavy atom. The van der Waals surface area contributed by atoms with Crippen molar-refractivity contribution in [3.05, 3.63) is 47.5 Å². The molecule has 1 heterocycles. The second-order valence-electron chi connectivity index (χ2n) is 6.60. The molecule has 0 bridgehead atoms. The summed E-state index contributed by atoms with van der Waals surface area (Å²) in [6, 6.07) is 10.9. The molecule has 27 heavy (non-hydrogen) atoms. The van der Waals surface area contributed by atoms with E-state index >= 15 is 0 Å². The van der Waals surface area contributed by atoms with Gasteiger partial charge in [0.15, 0.2) is 23.0 Å². The SMILES string of the molecule is COc1cc(C[C@H]2C(=O)OCC2Cc2ccc(OC)c(OC)c2)ccc1O. The summed E-state index contributed by atoms with van der Waals surface area (Å²) in [5, 5.41) is 9.75. The van der Waals surface area contributed by atoms with Crippen LogP contribution >= 0.6 is 0 Å². The van der Waals surface area contributed by atoms with Crippen LogP contribution in [0.3, 0.4) is 0 Å². The van der Waals surface area contributed by atoms with Crippen LogP contribution in [-0.4, -0.2) is 39.0 Å². The highest BCUT2D eigenvalue weighted by atomic mass is 16.5. The minimum absolute atomic E-state index is 0.0652. The van der Waals surface area contributed by atoms with Gasteiger partial charge >= 0.3 is 5.97 Å². The largest absolute Gasteiger partial charge is 0.504 e. The van der Waals surface area contributed by atoms with Crippen molar-refractivity contribution in [2.75, 3.05) is 27.9 Å². The van der Waals surface area contributed by atoms with Gasteiger partial charge in [0.05, 0.1) is 33.9 Å². The molecule has 1 saturated heterocycles. The van der Waals surface area contributed by atoms with Crippen LogP contribution in [0, 0.1) is 11.8 Å². The van der Waals surface area contributed by atoms with E-state index in [1.807, 2.05) is 18.2 Å². The van der Waals surface area contributed by atoms with Crippen LogP contribution in [0.1, 0.15) is 11.1 Å². The van der Waals surface area contributed by atoms with Crippen LogP contribution in [0.2, 0.25) is 0 Å². The second-order valence-corrected chi connectivity index (χ2v) is 6.60. The van der Waals surface area contributed by atoms with E-state index in [9.17, 15) is 9.90 Å². The lowest BCUT2D eigenvalue weighted by molar-refractivity contribution is -0.141. The molecule has 0 amide bonds. The van der Waals surface area contributed by atoms with E-state index in [0.29, 0.717) is 36.7 Å². The molecular formula is C21H24O6. The number of methoxy groups -OCH3 is 3. The Hall–Kier alpha value is -2.89. The Labute approximate surface area is 158 Å². The van der Waals surface area contributed by atoms with Gasteiger partial charge in [-0.15, -0.1) is 0 Å². The smallest absolute Gasteiger partial charge is 0.309 e. The van der Waals surface area contributed by atoms with Crippen LogP contribution < -0.4 is 14.2 Å². The van der Waals surface area contributed by atoms with Gasteiger partial charge in [-0.2, -0.15) is 0 Å². The van der Waals surface area contributed by atoms with Crippen LogP contribution in [0.25, 0.3) is 0 Å². The Morgan fingerprint density at radius 2 is 1.56 bits per heavy atom. The molecule has 1 fully saturated rings. The van der Waals surface area contributed by atoms with E-state index in [2.05, 4.69) is 0 Å². The van der Waals surface area contributed by atoms with E-state index in [4.69, 9.17) is 18.9 Å². The fourth-order valence-electron chi connectivity index (χ4n) is 3.47. The number of carbonyl (C=O) groups excluding carboxylic acids is 1. The minimum Gasteiger partial charge on any atom is -0.504 e. The number of hydrogen-bond donors (Lipinski definition) is 1. The summed E-state index contributed by atoms with van der Waals surface area (Å²) < 4.78 is 21.1. The molecule has 1 aliphatic heterocycles. The van der Waals surface area contributed by atoms with Crippen LogP contribution in [0.4, 0.5) is 0 Å². The zero-order valence-electron chi connectivity index (χ0n) is 15.7. The number of phenols is 1. The van der Waals surface area contributed by atoms with Gasteiger partial charge in [0, 0.05) is 5.92 Å². The maximum atomic E-state index is 12.3. The zero-order chi connectivity index (χ0) is 19.4. The molecule has 0 radical (unpaired) electrons. The standard InChI is InChI=1S/C21H24O6/c1-24-18-7-5-13(11-20(18)26-3)8-15-12-27-21(23)16(15)9-14-4-6-17(22)19(10-14)25-2/h4-7,10-11,15-16,22H,8-9,12H2,1-3H3/t15?,16-/m1/s1. The van der Waals surface area contributed by atoms with Gasteiger partial charge in [-0.3, -0.25) is 4.79 Å². The lowest BCUT2D eigenvalue weighted by Crippen LogP contribution is -2.20. The summed E-state index contributed by atoms with van der Waals surface area (Å²) in [6.07, 6.45) is 1.24. The molecule has 2 aromatic carbocycles. The first-order valence-electron chi connectivity index (χ1n) is 8.79. The third-order valence-corrected chi connectivity index (χ3v) is 4.96. The summed E-state index contributed by atoms with van der Waals surface area (Å²) in [7, 11) is 4.70. The van der Waals surface area contributed by atoms with Crippen molar-refractivity contribution in [1.82, 2.24) is 0 Å². The summed E-state index contributed by atoms with van der Waals surface area (Å²) in [5.41, 5.74) is 1.98. The molecule has 3 rings (SSSR count). The number of phenolic OH excluding ortho intramolecular Hbond substituents is 1. The lowest BCUT2D eigenvalue weighted by atomic mass is 9.85. The number of esters is 1. The highest BCUT2D eigenvalue weighted by molar-refractivity contribution is 5.75. The predicted octanol–water partition coefficient (Wildman–Crippen LogP) is 2.99. The van der Waals surface area contributed by atoms with Crippen molar-refractivity contribution < 1.29 is 28.8 Å². The fourth-order valence-corrected chi connectivity index (χ4v) is 3.47. The molecule has 1 unspecified atom stereocenters. The van der Waals surface area contributed by atoms with Gasteiger partial charge in [-0.1, -0.05) is 12.1 Å². The quantitative estimate of drug-likeness (QED) is 0.753. The van der Waals surface area contributed by atoms with Crippen molar-refractivity contribution in [1.29, 1.82) is 0 Å². The molecule has 6 heteroatoms. The topological polar surface area (TPSA) is 74.2 Å². The van der Waals surface area contributed by atoms with E-state index < -0.39 is 0 Å². The van der Waals surface area contributed by atoms with Gasteiger partial charge in [0.2, 0.25) is 0 Å². The van der Waals surface area contributed by atoms with E-state index in [-0.39, 0.29) is 23.6 Å². The molecule has 0 aromatic heterocycles. The van der Waals surface area contributed by atoms with E-state index in [0.717, 1.165) is 11.1 Å². The normalized spacial score (nSPS) is 18.9. The average molecular weight is 372 g/mol. The highest BCUT2D eigenvalue weighted by Crippen LogP contribution is 2.34. The molecule has 144 valence electrons. The molecular weight excluding hydrogens is 348 g/mol. The highest BCUT2D eigenvalue weighted by Gasteiger charge is 2.37. The average Bonchev–Trinajstić information content (AvgIpc) is 3.02. The molecule has 1 aliphatic rings. The molecule has 0 saturated carbocycles. The predicted molar refractivity (Wildman–Crippen MR) is 99.6 cm³/mol. The number of cyclic esters (lactones) is 1. The van der Waals surface area contributed by atoms with E-state index in [1.165, 1.54) is 7.11 Å². The van der Waals surface area contributed by atoms with E-state index in [1.54, 1.807) is 32.4 Å². The van der Waals surface area contributed by atoms with Crippen LogP contribution in [0.5, 0.6) is 23.0 Å². The number of rotatable bonds is 7. The first-order chi connectivity index (χ1) is 13.0. The van der Waals surface area contributed by atoms with Gasteiger partial charge < -0.3 is 24.1 Å². The van der Waals surface area contributed by atoms with Gasteiger partial charge in [0.25, 0.3) is 0 Å². The molecule has 2 atom stereocenters. The van der Waals surface area contributed by atoms with Crippen molar-refractivity contribution in [3.63, 3.8) is 0 Å². The zero-order valence-corrected chi connectivity index (χ0v) is 15.7. The minimum atomic E-state index is -0.243. The summed E-state index contributed by atoms with van der Waals surface area (Å²) in [5.74, 6) is 1.45. The first-order valence-corrected chi connectivity index (χ1v) is 8.79. The first kappa shape index (κ1) is 18.9. The van der Waals surface area contributed by atoms with Crippen molar-refractivity contribution >= 4 is 5.97 Å². The molecule has 0 spiro atoms. The Kier molecular flexibility index (Phi) is 5.74. The number of carbonyl (C=O) groups is 1. The van der Waals surface area contributed by atoms with Gasteiger partial charge in [-0.05, 0) is 48.2 Å². The van der Waals surface area contributed by atoms with Crippen LogP contribution in [0.15, 0.2) is 36.4 Å². The second kappa shape index (κ2) is 8.20. The number of ether oxygens (including phenoxy) is 4. The van der Waals surface area contributed by atoms with Crippen LogP contribution in [-0.2, 0) is 22.4 Å². The van der Waals surface area contributed by atoms with Gasteiger partial charge in [0.1, 0.15) is 0 Å². The number of aromatic hydroxyl groups is 1. The lowest BCUT2D eigenvalue weighted by Gasteiger charge is -2.17. The van der Waals surface area contributed by atoms with Crippen molar-refractivity contribution in [2.24, 2.45) is 11.8 Å². The van der Waals surface area contributed by atoms with Crippen molar-refractivity contribution in [2.45, 2.75) is 12.8 Å². The number of hydrogen-bond acceptors (Lipinski definition) is 6. The monoisotopic (exact) mass is 372 g/mol. The maximum Gasteiger partial charge on any atom is 0.309 e. The summed E-state index contributed by atoms with van der Waals surface area (Å²) in [6.45, 7) is 0.396. The Balaban J connectivity index is 1.76. The summed E-state index contributed by atoms with van der Waals surface area (Å²) in [4.78, 5) is 12.3. The van der Waals surface area contributed by atoms with Gasteiger partial charge in [-0.25, -0.2) is 0 Å². The molecule has 6 nitrogen and oxygen atoms in total. The molecule has 1 N–H and O–H groups in total. The Bertz CT molecular complexity index is 816. The summed E-state index contributed by atoms with van der Waals surface area (Å²) >= 11 is 0. The number of benzene rings is 2. The fraction of sp³-hybridized carbons (Fsp3) is 0.381. The Morgan fingerprint density at radius 1 is 0.926 bits per heavy atom. The third-order valence-electron chi connectivity index (χ3n) is 4.96.